The number of aromatic nitrogens is 1. The highest BCUT2D eigenvalue weighted by molar-refractivity contribution is 7.94. The summed E-state index contributed by atoms with van der Waals surface area (Å²) in [6.07, 6.45) is 5.18. The molecule has 1 aliphatic heterocycles. The highest BCUT2D eigenvalue weighted by Gasteiger charge is 2.23. The predicted octanol–water partition coefficient (Wildman–Crippen LogP) is 3.32. The maximum atomic E-state index is 11.3. The van der Waals surface area contributed by atoms with E-state index in [2.05, 4.69) is 9.37 Å². The summed E-state index contributed by atoms with van der Waals surface area (Å²) in [6.45, 7) is 0. The van der Waals surface area contributed by atoms with Crippen LogP contribution in [0.5, 0.6) is 5.75 Å². The van der Waals surface area contributed by atoms with Crippen molar-refractivity contribution in [2.24, 2.45) is 7.05 Å². The lowest BCUT2D eigenvalue weighted by atomic mass is 10.3. The molecule has 1 aliphatic rings. The first-order valence-corrected chi connectivity index (χ1v) is 10.9. The Morgan fingerprint density at radius 1 is 1.23 bits per heavy atom. The number of allylic oxidation sites excluding steroid dienone is 2. The van der Waals surface area contributed by atoms with E-state index in [1.54, 1.807) is 48.0 Å². The molecule has 0 atom stereocenters. The third-order valence-corrected chi connectivity index (χ3v) is 6.04. The minimum atomic E-state index is -4.31. The molecule has 2 N–H and O–H groups in total. The molecule has 2 aromatic carbocycles. The lowest BCUT2D eigenvalue weighted by Gasteiger charge is -2.09. The van der Waals surface area contributed by atoms with Gasteiger partial charge in [0.1, 0.15) is 7.05 Å². The standard InChI is InChI=1S/C19H16N2O8S2/c1-20-14-8-6-12(30-29-28-22)10-16(14)26-18(20)4-3-5-19-21(2)15-9-7-13(31(23,24)25)11-17(15)27-19/h3-11H,1-2H3,(H-,22,23,24,25)/p+1. The fourth-order valence-electron chi connectivity index (χ4n) is 3.08. The van der Waals surface area contributed by atoms with E-state index in [4.69, 9.17) is 14.4 Å². The number of fused-ring (bicyclic) bond motifs is 2. The number of oxazole rings is 1. The van der Waals surface area contributed by atoms with Crippen LogP contribution in [0, 0.1) is 0 Å². The molecule has 12 heteroatoms. The Bertz CT molecular complexity index is 1310. The van der Waals surface area contributed by atoms with Crippen LogP contribution in [-0.4, -0.2) is 25.3 Å². The van der Waals surface area contributed by atoms with Gasteiger partial charge in [0.15, 0.2) is 11.6 Å². The highest BCUT2D eigenvalue weighted by Crippen LogP contribution is 2.40. The summed E-state index contributed by atoms with van der Waals surface area (Å²) >= 11 is 0.837. The zero-order valence-electron chi connectivity index (χ0n) is 16.3. The molecule has 0 saturated heterocycles. The first-order chi connectivity index (χ1) is 14.8. The molecule has 10 nitrogen and oxygen atoms in total. The molecule has 2 heterocycles. The summed E-state index contributed by atoms with van der Waals surface area (Å²) in [7, 11) is -0.688. The zero-order chi connectivity index (χ0) is 22.2. The third-order valence-electron chi connectivity index (χ3n) is 4.61. The lowest BCUT2D eigenvalue weighted by Crippen LogP contribution is -2.29. The molecule has 1 aromatic heterocycles. The number of ether oxygens (including phenoxy) is 1. The van der Waals surface area contributed by atoms with Crippen LogP contribution in [0.15, 0.2) is 68.6 Å². The first kappa shape index (κ1) is 21.4. The van der Waals surface area contributed by atoms with Gasteiger partial charge in [-0.05, 0) is 36.4 Å². The fraction of sp³-hybridized carbons (Fsp3) is 0.105. The molecule has 0 unspecified atom stereocenters. The number of rotatable bonds is 6. The molecular formula is C19H17N2O8S2+. The van der Waals surface area contributed by atoms with Gasteiger partial charge in [-0.1, -0.05) is 5.04 Å². The van der Waals surface area contributed by atoms with Crippen LogP contribution in [0.3, 0.4) is 0 Å². The van der Waals surface area contributed by atoms with Gasteiger partial charge in [-0.3, -0.25) is 4.55 Å². The minimum absolute atomic E-state index is 0.237. The van der Waals surface area contributed by atoms with Crippen molar-refractivity contribution in [2.75, 3.05) is 11.9 Å². The number of aryl methyl sites for hydroxylation is 1. The summed E-state index contributed by atoms with van der Waals surface area (Å²) in [6, 6.07) is 9.51. The molecular weight excluding hydrogens is 448 g/mol. The van der Waals surface area contributed by atoms with E-state index in [1.807, 2.05) is 18.0 Å². The number of hydrogen-bond donors (Lipinski definition) is 2. The van der Waals surface area contributed by atoms with E-state index >= 15 is 0 Å². The van der Waals surface area contributed by atoms with Crippen molar-refractivity contribution in [3.05, 3.63) is 60.3 Å². The van der Waals surface area contributed by atoms with E-state index in [0.29, 0.717) is 33.5 Å². The minimum Gasteiger partial charge on any atom is -0.439 e. The summed E-state index contributed by atoms with van der Waals surface area (Å²) in [5.41, 5.74) is 1.84. The summed E-state index contributed by atoms with van der Waals surface area (Å²) in [5, 5.41) is 11.9. The Kier molecular flexibility index (Phi) is 5.75. The molecule has 0 radical (unpaired) electrons. The van der Waals surface area contributed by atoms with Crippen LogP contribution >= 0.6 is 12.0 Å². The highest BCUT2D eigenvalue weighted by atomic mass is 32.2. The van der Waals surface area contributed by atoms with Gasteiger partial charge < -0.3 is 14.1 Å². The molecule has 0 aliphatic carbocycles. The average Bonchev–Trinajstić information content (AvgIpc) is 3.22. The van der Waals surface area contributed by atoms with Gasteiger partial charge in [-0.2, -0.15) is 13.0 Å². The Hall–Kier alpha value is -2.87. The van der Waals surface area contributed by atoms with Gasteiger partial charge in [-0.25, -0.2) is 5.26 Å². The van der Waals surface area contributed by atoms with Crippen LogP contribution < -0.4 is 14.2 Å². The van der Waals surface area contributed by atoms with E-state index in [0.717, 1.165) is 17.7 Å². The van der Waals surface area contributed by atoms with Crippen molar-refractivity contribution >= 4 is 45.0 Å². The molecule has 4 rings (SSSR count). The van der Waals surface area contributed by atoms with Gasteiger partial charge >= 0.3 is 5.89 Å². The number of hydrogen-bond acceptors (Lipinski definition) is 9. The predicted molar refractivity (Wildman–Crippen MR) is 110 cm³/mol. The monoisotopic (exact) mass is 465 g/mol. The first-order valence-electron chi connectivity index (χ1n) is 8.77. The van der Waals surface area contributed by atoms with E-state index in [-0.39, 0.29) is 4.90 Å². The maximum absolute atomic E-state index is 11.3. The SMILES string of the molecule is CN1C(=CC=Cc2oc3cc(S(=O)(=O)O)ccc3[n+]2C)Oc2cc(SOOO)ccc21. The van der Waals surface area contributed by atoms with Crippen molar-refractivity contribution in [1.29, 1.82) is 0 Å². The third kappa shape index (κ3) is 4.30. The molecule has 0 fully saturated rings. The molecule has 0 saturated carbocycles. The Morgan fingerprint density at radius 2 is 2.03 bits per heavy atom. The van der Waals surface area contributed by atoms with Gasteiger partial charge in [-0.15, -0.1) is 4.33 Å². The molecule has 162 valence electrons. The Morgan fingerprint density at radius 3 is 2.77 bits per heavy atom. The smallest absolute Gasteiger partial charge is 0.373 e. The van der Waals surface area contributed by atoms with Crippen LogP contribution in [0.4, 0.5) is 5.69 Å². The largest absolute Gasteiger partial charge is 0.439 e. The molecule has 0 bridgehead atoms. The number of benzene rings is 2. The summed E-state index contributed by atoms with van der Waals surface area (Å²) in [5.74, 6) is 1.65. The van der Waals surface area contributed by atoms with E-state index in [1.165, 1.54) is 12.1 Å². The van der Waals surface area contributed by atoms with Gasteiger partial charge in [0.25, 0.3) is 15.6 Å². The van der Waals surface area contributed by atoms with E-state index in [9.17, 15) is 13.0 Å². The maximum Gasteiger partial charge on any atom is 0.373 e. The zero-order valence-corrected chi connectivity index (χ0v) is 17.9. The number of anilines is 1. The van der Waals surface area contributed by atoms with Crippen molar-refractivity contribution in [1.82, 2.24) is 0 Å². The van der Waals surface area contributed by atoms with Crippen molar-refractivity contribution in [2.45, 2.75) is 9.79 Å². The van der Waals surface area contributed by atoms with Crippen molar-refractivity contribution in [3.63, 3.8) is 0 Å². The van der Waals surface area contributed by atoms with E-state index < -0.39 is 10.1 Å². The summed E-state index contributed by atoms with van der Waals surface area (Å²) < 4.78 is 49.6. The second-order valence-electron chi connectivity index (χ2n) is 6.48. The molecule has 0 spiro atoms. The van der Waals surface area contributed by atoms with Crippen molar-refractivity contribution in [3.8, 4) is 5.75 Å². The average molecular weight is 465 g/mol. The van der Waals surface area contributed by atoms with Gasteiger partial charge in [0.2, 0.25) is 5.58 Å². The lowest BCUT2D eigenvalue weighted by molar-refractivity contribution is -0.652. The van der Waals surface area contributed by atoms with Crippen LogP contribution in [-0.2, 0) is 26.5 Å². The molecule has 31 heavy (non-hydrogen) atoms. The summed E-state index contributed by atoms with van der Waals surface area (Å²) in [4.78, 5) is 2.30. The van der Waals surface area contributed by atoms with Crippen molar-refractivity contribution < 1.29 is 41.3 Å². The molecule has 3 aromatic rings. The Balaban J connectivity index is 1.56. The van der Waals surface area contributed by atoms with Crippen LogP contribution in [0.25, 0.3) is 17.2 Å². The normalized spacial score (nSPS) is 15.2. The second kappa shape index (κ2) is 8.34. The Labute approximate surface area is 181 Å². The second-order valence-corrected chi connectivity index (χ2v) is 8.68. The quantitative estimate of drug-likeness (QED) is 0.184. The number of nitrogens with zero attached hydrogens (tertiary/aromatic N) is 2. The van der Waals surface area contributed by atoms with Gasteiger partial charge in [0, 0.05) is 24.1 Å². The van der Waals surface area contributed by atoms with Crippen LogP contribution in [0.1, 0.15) is 5.89 Å². The topological polar surface area (TPSA) is 123 Å². The van der Waals surface area contributed by atoms with Crippen LogP contribution in [0.2, 0.25) is 0 Å². The van der Waals surface area contributed by atoms with Gasteiger partial charge in [0.05, 0.1) is 28.7 Å². The molecule has 0 amide bonds. The fourth-order valence-corrected chi connectivity index (χ4v) is 3.96.